The Morgan fingerprint density at radius 3 is 1.27 bits per heavy atom. The predicted molar refractivity (Wildman–Crippen MR) is 140 cm³/mol. The summed E-state index contributed by atoms with van der Waals surface area (Å²) in [6, 6.07) is 11.9. The van der Waals surface area contributed by atoms with Crippen LogP contribution in [-0.4, -0.2) is 36.8 Å². The fourth-order valence-electron chi connectivity index (χ4n) is 1.80. The zero-order valence-corrected chi connectivity index (χ0v) is 20.7. The SMILES string of the molecule is C.C.CC.CC.CNS(=O)(=O)c1ccc(N)cc1.CNS(=O)(=O)c1ccc(NC(C)=O)cc1. The number of benzene rings is 2. The van der Waals surface area contributed by atoms with Gasteiger partial charge in [-0.25, -0.2) is 26.3 Å². The number of sulfonamides is 2. The van der Waals surface area contributed by atoms with Crippen LogP contribution < -0.4 is 20.5 Å². The molecular formula is C22H42N4O5S2. The maximum atomic E-state index is 11.3. The molecule has 11 heteroatoms. The lowest BCUT2D eigenvalue weighted by Gasteiger charge is -2.04. The van der Waals surface area contributed by atoms with Crippen LogP contribution in [0.5, 0.6) is 0 Å². The number of hydrogen-bond acceptors (Lipinski definition) is 6. The van der Waals surface area contributed by atoms with Gasteiger partial charge in [0.05, 0.1) is 9.79 Å². The number of anilines is 2. The summed E-state index contributed by atoms with van der Waals surface area (Å²) in [6.07, 6.45) is 0. The first-order chi connectivity index (χ1) is 14.5. The van der Waals surface area contributed by atoms with Crippen LogP contribution in [0, 0.1) is 0 Å². The molecule has 5 N–H and O–H groups in total. The molecule has 0 unspecified atom stereocenters. The second-order valence-electron chi connectivity index (χ2n) is 5.19. The molecule has 0 radical (unpaired) electrons. The highest BCUT2D eigenvalue weighted by Gasteiger charge is 2.10. The number of carbonyl (C=O) groups excluding carboxylic acids is 1. The van der Waals surface area contributed by atoms with Gasteiger partial charge in [0.2, 0.25) is 26.0 Å². The fourth-order valence-corrected chi connectivity index (χ4v) is 3.26. The van der Waals surface area contributed by atoms with E-state index in [1.807, 2.05) is 27.7 Å². The molecule has 2 rings (SSSR count). The minimum Gasteiger partial charge on any atom is -0.399 e. The summed E-state index contributed by atoms with van der Waals surface area (Å²) in [6.45, 7) is 9.39. The zero-order valence-electron chi connectivity index (χ0n) is 19.1. The molecule has 0 saturated carbocycles. The Morgan fingerprint density at radius 1 is 0.697 bits per heavy atom. The van der Waals surface area contributed by atoms with Gasteiger partial charge in [0.25, 0.3) is 0 Å². The molecule has 1 amide bonds. The Bertz CT molecular complexity index is 974. The highest BCUT2D eigenvalue weighted by molar-refractivity contribution is 7.89. The van der Waals surface area contributed by atoms with Crippen molar-refractivity contribution in [2.45, 2.75) is 59.3 Å². The average molecular weight is 507 g/mol. The lowest BCUT2D eigenvalue weighted by atomic mass is 10.3. The highest BCUT2D eigenvalue weighted by Crippen LogP contribution is 2.13. The first kappa shape index (κ1) is 37.8. The quantitative estimate of drug-likeness (QED) is 0.450. The number of hydrogen-bond donors (Lipinski definition) is 4. The lowest BCUT2D eigenvalue weighted by molar-refractivity contribution is -0.114. The number of nitrogens with two attached hydrogens (primary N) is 1. The van der Waals surface area contributed by atoms with E-state index in [0.29, 0.717) is 11.4 Å². The van der Waals surface area contributed by atoms with Crippen LogP contribution in [0.1, 0.15) is 49.5 Å². The number of nitrogens with one attached hydrogen (secondary N) is 3. The maximum Gasteiger partial charge on any atom is 0.240 e. The van der Waals surface area contributed by atoms with E-state index in [2.05, 4.69) is 14.8 Å². The summed E-state index contributed by atoms with van der Waals surface area (Å²) in [7, 11) is -4.02. The van der Waals surface area contributed by atoms with Crippen LogP contribution in [0.2, 0.25) is 0 Å². The third-order valence-corrected chi connectivity index (χ3v) is 6.07. The Morgan fingerprint density at radius 2 is 1.00 bits per heavy atom. The third-order valence-electron chi connectivity index (χ3n) is 3.21. The monoisotopic (exact) mass is 506 g/mol. The van der Waals surface area contributed by atoms with E-state index in [0.717, 1.165) is 0 Å². The second-order valence-corrected chi connectivity index (χ2v) is 8.96. The minimum atomic E-state index is -3.41. The second kappa shape index (κ2) is 19.0. The lowest BCUT2D eigenvalue weighted by Crippen LogP contribution is -2.18. The van der Waals surface area contributed by atoms with E-state index < -0.39 is 20.0 Å². The van der Waals surface area contributed by atoms with Gasteiger partial charge in [-0.15, -0.1) is 0 Å². The molecule has 0 aromatic heterocycles. The topological polar surface area (TPSA) is 147 Å². The Hall–Kier alpha value is -2.47. The highest BCUT2D eigenvalue weighted by atomic mass is 32.2. The molecule has 0 aliphatic heterocycles. The van der Waals surface area contributed by atoms with Gasteiger partial charge in [0.15, 0.2) is 0 Å². The van der Waals surface area contributed by atoms with Crippen molar-refractivity contribution < 1.29 is 21.6 Å². The van der Waals surface area contributed by atoms with Crippen molar-refractivity contribution in [2.75, 3.05) is 25.1 Å². The van der Waals surface area contributed by atoms with E-state index in [1.165, 1.54) is 57.4 Å². The van der Waals surface area contributed by atoms with Crippen LogP contribution in [-0.2, 0) is 24.8 Å². The molecule has 0 heterocycles. The molecule has 0 aliphatic rings. The van der Waals surface area contributed by atoms with Crippen molar-refractivity contribution in [2.24, 2.45) is 0 Å². The Balaban J connectivity index is -0.000000213. The van der Waals surface area contributed by atoms with Crippen molar-refractivity contribution in [1.82, 2.24) is 9.44 Å². The first-order valence-corrected chi connectivity index (χ1v) is 12.6. The number of rotatable bonds is 5. The van der Waals surface area contributed by atoms with Crippen molar-refractivity contribution in [3.8, 4) is 0 Å². The van der Waals surface area contributed by atoms with Gasteiger partial charge < -0.3 is 11.1 Å². The predicted octanol–water partition coefficient (Wildman–Crippen LogP) is 4.05. The molecule has 2 aromatic rings. The third kappa shape index (κ3) is 14.3. The van der Waals surface area contributed by atoms with E-state index in [1.54, 1.807) is 12.1 Å². The van der Waals surface area contributed by atoms with Crippen molar-refractivity contribution in [3.05, 3.63) is 48.5 Å². The summed E-state index contributed by atoms with van der Waals surface area (Å²) >= 11 is 0. The standard InChI is InChI=1S/C9H12N2O3S.C7H10N2O2S.2C2H6.2CH4/c1-7(12)11-8-3-5-9(6-4-8)15(13,14)10-2;1-9-12(10,11)7-4-2-6(8)3-5-7;2*1-2;;/h3-6,10H,1-2H3,(H,11,12);2-5,9H,8H2,1H3;2*1-2H3;2*1H4. The van der Waals surface area contributed by atoms with Crippen LogP contribution in [0.4, 0.5) is 11.4 Å². The zero-order chi connectivity index (χ0) is 24.7. The number of amides is 1. The smallest absolute Gasteiger partial charge is 0.240 e. The van der Waals surface area contributed by atoms with E-state index >= 15 is 0 Å². The van der Waals surface area contributed by atoms with Crippen LogP contribution in [0.15, 0.2) is 58.3 Å². The van der Waals surface area contributed by atoms with E-state index in [4.69, 9.17) is 5.73 Å². The first-order valence-electron chi connectivity index (χ1n) is 9.62. The van der Waals surface area contributed by atoms with Crippen LogP contribution in [0.3, 0.4) is 0 Å². The summed E-state index contributed by atoms with van der Waals surface area (Å²) < 4.78 is 49.4. The maximum absolute atomic E-state index is 11.3. The molecule has 2 aromatic carbocycles. The van der Waals surface area contributed by atoms with Gasteiger partial charge in [-0.2, -0.15) is 0 Å². The molecule has 0 aliphatic carbocycles. The van der Waals surface area contributed by atoms with E-state index in [9.17, 15) is 21.6 Å². The summed E-state index contributed by atoms with van der Waals surface area (Å²) in [5.74, 6) is -0.195. The van der Waals surface area contributed by atoms with Gasteiger partial charge in [0.1, 0.15) is 0 Å². The molecule has 0 saturated heterocycles. The largest absolute Gasteiger partial charge is 0.399 e. The van der Waals surface area contributed by atoms with Crippen molar-refractivity contribution >= 4 is 37.3 Å². The number of nitrogen functional groups attached to an aromatic ring is 1. The summed E-state index contributed by atoms with van der Waals surface area (Å²) in [5.41, 5.74) is 6.51. The Labute approximate surface area is 201 Å². The van der Waals surface area contributed by atoms with Gasteiger partial charge in [-0.3, -0.25) is 4.79 Å². The minimum absolute atomic E-state index is 0. The van der Waals surface area contributed by atoms with Crippen molar-refractivity contribution in [1.29, 1.82) is 0 Å². The van der Waals surface area contributed by atoms with Crippen LogP contribution >= 0.6 is 0 Å². The van der Waals surface area contributed by atoms with Gasteiger partial charge in [0, 0.05) is 18.3 Å². The summed E-state index contributed by atoms with van der Waals surface area (Å²) in [4.78, 5) is 11.1. The Kier molecular flexibility index (Phi) is 21.8. The summed E-state index contributed by atoms with van der Waals surface area (Å²) in [5, 5.41) is 2.55. The molecule has 33 heavy (non-hydrogen) atoms. The van der Waals surface area contributed by atoms with Crippen LogP contribution in [0.25, 0.3) is 0 Å². The molecule has 9 nitrogen and oxygen atoms in total. The molecule has 192 valence electrons. The van der Waals surface area contributed by atoms with Gasteiger partial charge >= 0.3 is 0 Å². The van der Waals surface area contributed by atoms with Crippen molar-refractivity contribution in [3.63, 3.8) is 0 Å². The fraction of sp³-hybridized carbons (Fsp3) is 0.409. The normalized spacial score (nSPS) is 9.55. The molecule has 0 fully saturated rings. The van der Waals surface area contributed by atoms with Gasteiger partial charge in [-0.05, 0) is 62.6 Å². The molecular weight excluding hydrogens is 464 g/mol. The van der Waals surface area contributed by atoms with Gasteiger partial charge in [-0.1, -0.05) is 42.5 Å². The molecule has 0 spiro atoms. The molecule has 0 bridgehead atoms. The van der Waals surface area contributed by atoms with E-state index in [-0.39, 0.29) is 30.6 Å². The number of carbonyl (C=O) groups is 1. The average Bonchev–Trinajstić information content (AvgIpc) is 2.77. The molecule has 0 atom stereocenters.